The maximum absolute atomic E-state index is 12.6. The molecule has 0 radical (unpaired) electrons. The van der Waals surface area contributed by atoms with Crippen molar-refractivity contribution in [3.8, 4) is 6.07 Å². The van der Waals surface area contributed by atoms with E-state index in [1.165, 1.54) is 0 Å². The Kier molecular flexibility index (Phi) is 4.64. The Morgan fingerprint density at radius 3 is 2.50 bits per heavy atom. The van der Waals surface area contributed by atoms with Gasteiger partial charge in [-0.3, -0.25) is 4.79 Å². The van der Waals surface area contributed by atoms with E-state index < -0.39 is 5.60 Å². The number of nitrogens with one attached hydrogen (secondary N) is 1. The minimum Gasteiger partial charge on any atom is -0.389 e. The van der Waals surface area contributed by atoms with E-state index >= 15 is 0 Å². The molecule has 2 rings (SSSR count). The van der Waals surface area contributed by atoms with Gasteiger partial charge in [0.15, 0.2) is 0 Å². The van der Waals surface area contributed by atoms with E-state index in [1.54, 1.807) is 30.9 Å². The molecule has 0 unspecified atom stereocenters. The molecule has 0 aliphatic rings. The predicted octanol–water partition coefficient (Wildman–Crippen LogP) is 2.30. The summed E-state index contributed by atoms with van der Waals surface area (Å²) in [5, 5.41) is 18.9. The first-order chi connectivity index (χ1) is 10.4. The van der Waals surface area contributed by atoms with E-state index in [9.17, 15) is 9.90 Å². The molecule has 0 spiro atoms. The second-order valence-electron chi connectivity index (χ2n) is 5.86. The van der Waals surface area contributed by atoms with Crippen LogP contribution in [0.15, 0.2) is 42.5 Å². The van der Waals surface area contributed by atoms with Crippen LogP contribution in [0.4, 0.5) is 0 Å². The van der Waals surface area contributed by atoms with Crippen molar-refractivity contribution >= 4 is 5.91 Å². The van der Waals surface area contributed by atoms with Crippen molar-refractivity contribution in [3.63, 3.8) is 0 Å². The zero-order chi connectivity index (χ0) is 16.2. The third-order valence-corrected chi connectivity index (χ3v) is 3.12. The van der Waals surface area contributed by atoms with Gasteiger partial charge in [0, 0.05) is 13.1 Å². The van der Waals surface area contributed by atoms with Gasteiger partial charge in [-0.1, -0.05) is 30.3 Å². The predicted molar refractivity (Wildman–Crippen MR) is 83.0 cm³/mol. The van der Waals surface area contributed by atoms with Crippen molar-refractivity contribution in [1.82, 2.24) is 9.88 Å². The number of benzene rings is 1. The van der Waals surface area contributed by atoms with Crippen LogP contribution in [0.1, 0.15) is 35.6 Å². The fraction of sp³-hybridized carbons (Fsp3) is 0.294. The highest BCUT2D eigenvalue weighted by Gasteiger charge is 2.24. The van der Waals surface area contributed by atoms with E-state index in [-0.39, 0.29) is 12.5 Å². The number of rotatable bonds is 5. The molecule has 2 N–H and O–H groups in total. The van der Waals surface area contributed by atoms with Crippen LogP contribution in [0.2, 0.25) is 0 Å². The van der Waals surface area contributed by atoms with Crippen LogP contribution in [0, 0.1) is 11.3 Å². The molecular formula is C17H19N3O2. The third kappa shape index (κ3) is 4.21. The fourth-order valence-electron chi connectivity index (χ4n) is 2.23. The highest BCUT2D eigenvalue weighted by molar-refractivity contribution is 5.92. The molecule has 0 aliphatic heterocycles. The number of H-pyrrole nitrogens is 1. The first kappa shape index (κ1) is 15.8. The second-order valence-corrected chi connectivity index (χ2v) is 5.86. The normalized spacial score (nSPS) is 11.0. The maximum atomic E-state index is 12.6. The summed E-state index contributed by atoms with van der Waals surface area (Å²) >= 11 is 0. The van der Waals surface area contributed by atoms with E-state index in [0.29, 0.717) is 17.9 Å². The third-order valence-electron chi connectivity index (χ3n) is 3.12. The summed E-state index contributed by atoms with van der Waals surface area (Å²) in [6, 6.07) is 14.7. The summed E-state index contributed by atoms with van der Waals surface area (Å²) in [5.74, 6) is -0.243. The molecule has 2 aromatic rings. The summed E-state index contributed by atoms with van der Waals surface area (Å²) < 4.78 is 0. The summed E-state index contributed by atoms with van der Waals surface area (Å²) in [6.45, 7) is 3.91. The van der Waals surface area contributed by atoms with Crippen LogP contribution in [0.5, 0.6) is 0 Å². The van der Waals surface area contributed by atoms with Gasteiger partial charge in [-0.15, -0.1) is 0 Å². The Morgan fingerprint density at radius 1 is 1.27 bits per heavy atom. The Labute approximate surface area is 129 Å². The zero-order valence-corrected chi connectivity index (χ0v) is 12.7. The van der Waals surface area contributed by atoms with Crippen LogP contribution < -0.4 is 0 Å². The van der Waals surface area contributed by atoms with Gasteiger partial charge in [0.25, 0.3) is 5.91 Å². The molecule has 1 heterocycles. The molecule has 0 saturated carbocycles. The number of hydrogen-bond donors (Lipinski definition) is 2. The van der Waals surface area contributed by atoms with E-state index in [2.05, 4.69) is 4.98 Å². The van der Waals surface area contributed by atoms with Crippen molar-refractivity contribution in [3.05, 3.63) is 59.4 Å². The SMILES string of the molecule is CC(C)(O)CN(Cc1ccccc1)C(=O)c1ccc(C#N)[nH]1. The fourth-order valence-corrected chi connectivity index (χ4v) is 2.23. The van der Waals surface area contributed by atoms with Crippen molar-refractivity contribution < 1.29 is 9.90 Å². The van der Waals surface area contributed by atoms with Gasteiger partial charge in [0.05, 0.1) is 5.60 Å². The monoisotopic (exact) mass is 297 g/mol. The number of hydrogen-bond acceptors (Lipinski definition) is 3. The average Bonchev–Trinajstić information content (AvgIpc) is 2.94. The second kappa shape index (κ2) is 6.46. The van der Waals surface area contributed by atoms with Crippen LogP contribution >= 0.6 is 0 Å². The molecular weight excluding hydrogens is 278 g/mol. The van der Waals surface area contributed by atoms with Gasteiger partial charge in [-0.25, -0.2) is 0 Å². The van der Waals surface area contributed by atoms with Gasteiger partial charge in [-0.05, 0) is 31.5 Å². The van der Waals surface area contributed by atoms with Gasteiger partial charge in [0.2, 0.25) is 0 Å². The lowest BCUT2D eigenvalue weighted by Crippen LogP contribution is -2.42. The smallest absolute Gasteiger partial charge is 0.270 e. The first-order valence-electron chi connectivity index (χ1n) is 7.04. The van der Waals surface area contributed by atoms with E-state index in [4.69, 9.17) is 5.26 Å². The Hall–Kier alpha value is -2.58. The topological polar surface area (TPSA) is 80.1 Å². The number of amides is 1. The zero-order valence-electron chi connectivity index (χ0n) is 12.7. The lowest BCUT2D eigenvalue weighted by atomic mass is 10.1. The quantitative estimate of drug-likeness (QED) is 0.888. The van der Waals surface area contributed by atoms with Gasteiger partial charge in [0.1, 0.15) is 17.5 Å². The molecule has 1 amide bonds. The van der Waals surface area contributed by atoms with Crippen LogP contribution in [-0.2, 0) is 6.54 Å². The number of carbonyl (C=O) groups is 1. The highest BCUT2D eigenvalue weighted by atomic mass is 16.3. The van der Waals surface area contributed by atoms with E-state index in [1.807, 2.05) is 36.4 Å². The largest absolute Gasteiger partial charge is 0.389 e. The first-order valence-corrected chi connectivity index (χ1v) is 7.04. The summed E-state index contributed by atoms with van der Waals surface area (Å²) in [6.07, 6.45) is 0. The standard InChI is InChI=1S/C17H19N3O2/c1-17(2,22)12-20(11-13-6-4-3-5-7-13)16(21)15-9-8-14(10-18)19-15/h3-9,19,22H,11-12H2,1-2H3. The Morgan fingerprint density at radius 2 is 1.95 bits per heavy atom. The van der Waals surface area contributed by atoms with Gasteiger partial charge in [-0.2, -0.15) is 5.26 Å². The van der Waals surface area contributed by atoms with Gasteiger partial charge < -0.3 is 15.0 Å². The molecule has 0 aliphatic carbocycles. The minimum absolute atomic E-state index is 0.196. The molecule has 0 atom stereocenters. The van der Waals surface area contributed by atoms with Gasteiger partial charge >= 0.3 is 0 Å². The number of aromatic amines is 1. The molecule has 1 aromatic heterocycles. The lowest BCUT2D eigenvalue weighted by Gasteiger charge is -2.29. The number of nitriles is 1. The molecule has 5 heteroatoms. The van der Waals surface area contributed by atoms with E-state index in [0.717, 1.165) is 5.56 Å². The summed E-state index contributed by atoms with van der Waals surface area (Å²) in [5.41, 5.74) is 0.657. The van der Waals surface area contributed by atoms with Crippen molar-refractivity contribution in [2.24, 2.45) is 0 Å². The maximum Gasteiger partial charge on any atom is 0.270 e. The molecule has 22 heavy (non-hydrogen) atoms. The van der Waals surface area contributed by atoms with Crippen molar-refractivity contribution in [2.45, 2.75) is 26.0 Å². The van der Waals surface area contributed by atoms with Crippen LogP contribution in [0.3, 0.4) is 0 Å². The number of carbonyl (C=O) groups excluding carboxylic acids is 1. The number of nitrogens with zero attached hydrogens (tertiary/aromatic N) is 2. The summed E-state index contributed by atoms with van der Waals surface area (Å²) in [7, 11) is 0. The van der Waals surface area contributed by atoms with Crippen molar-refractivity contribution in [1.29, 1.82) is 5.26 Å². The molecule has 0 saturated heterocycles. The van der Waals surface area contributed by atoms with Crippen molar-refractivity contribution in [2.75, 3.05) is 6.54 Å². The molecule has 5 nitrogen and oxygen atoms in total. The minimum atomic E-state index is -1.00. The number of aromatic nitrogens is 1. The highest BCUT2D eigenvalue weighted by Crippen LogP contribution is 2.14. The lowest BCUT2D eigenvalue weighted by molar-refractivity contribution is 0.0277. The van der Waals surface area contributed by atoms with Crippen LogP contribution in [-0.4, -0.2) is 33.0 Å². The average molecular weight is 297 g/mol. The molecule has 1 aromatic carbocycles. The van der Waals surface area contributed by atoms with Crippen LogP contribution in [0.25, 0.3) is 0 Å². The Balaban J connectivity index is 2.23. The molecule has 0 bridgehead atoms. The molecule has 114 valence electrons. The Bertz CT molecular complexity index is 678. The molecule has 0 fully saturated rings. The summed E-state index contributed by atoms with van der Waals surface area (Å²) in [4.78, 5) is 17.0. The number of aliphatic hydroxyl groups is 1.